The van der Waals surface area contributed by atoms with E-state index in [2.05, 4.69) is 6.07 Å². The Kier molecular flexibility index (Phi) is 3.47. The largest absolute Gasteiger partial charge is 0.481 e. The second-order valence-electron chi connectivity index (χ2n) is 4.21. The molecule has 1 aliphatic heterocycles. The van der Waals surface area contributed by atoms with Gasteiger partial charge in [-0.2, -0.15) is 0 Å². The number of carbonyl (C=O) groups excluding carboxylic acids is 1. The van der Waals surface area contributed by atoms with Crippen LogP contribution in [-0.2, 0) is 16.0 Å². The highest BCUT2D eigenvalue weighted by atomic mass is 32.1. The van der Waals surface area contributed by atoms with E-state index in [1.54, 1.807) is 16.2 Å². The molecule has 0 aliphatic carbocycles. The summed E-state index contributed by atoms with van der Waals surface area (Å²) in [6.07, 6.45) is 0.897. The molecule has 0 saturated carbocycles. The van der Waals surface area contributed by atoms with Crippen molar-refractivity contribution >= 4 is 23.2 Å². The summed E-state index contributed by atoms with van der Waals surface area (Å²) in [6, 6.07) is 2.13. The fourth-order valence-electron chi connectivity index (χ4n) is 2.21. The number of thiophene rings is 1. The Hall–Kier alpha value is -1.36. The van der Waals surface area contributed by atoms with Gasteiger partial charge in [-0.1, -0.05) is 0 Å². The number of carboxylic acids is 1. The predicted octanol–water partition coefficient (Wildman–Crippen LogP) is 2.06. The molecule has 1 atom stereocenters. The van der Waals surface area contributed by atoms with Gasteiger partial charge in [0.15, 0.2) is 0 Å². The highest BCUT2D eigenvalue weighted by Gasteiger charge is 2.28. The quantitative estimate of drug-likeness (QED) is 0.897. The molecule has 92 valence electrons. The Labute approximate surface area is 104 Å². The van der Waals surface area contributed by atoms with E-state index in [0.717, 1.165) is 6.42 Å². The molecule has 0 aromatic carbocycles. The molecule has 2 heterocycles. The van der Waals surface area contributed by atoms with E-state index in [0.29, 0.717) is 6.54 Å². The molecule has 2 rings (SSSR count). The molecule has 4 nitrogen and oxygen atoms in total. The molecule has 0 radical (unpaired) electrons. The van der Waals surface area contributed by atoms with Crippen LogP contribution in [0.3, 0.4) is 0 Å². The summed E-state index contributed by atoms with van der Waals surface area (Å²) in [5, 5.41) is 10.6. The maximum Gasteiger partial charge on any atom is 0.303 e. The van der Waals surface area contributed by atoms with Gasteiger partial charge in [-0.25, -0.2) is 0 Å². The molecule has 0 fully saturated rings. The van der Waals surface area contributed by atoms with Crippen LogP contribution in [0.1, 0.15) is 36.2 Å². The summed E-state index contributed by atoms with van der Waals surface area (Å²) >= 11 is 1.73. The minimum absolute atomic E-state index is 0.0586. The standard InChI is InChI=1S/C12H15NO3S/c1-8-9-5-7-17-10(9)4-6-13(8)11(14)2-3-12(15)16/h5,7-8H,2-4,6H2,1H3,(H,15,16). The van der Waals surface area contributed by atoms with Crippen molar-refractivity contribution in [3.63, 3.8) is 0 Å². The molecule has 0 bridgehead atoms. The van der Waals surface area contributed by atoms with Gasteiger partial charge in [-0.05, 0) is 30.4 Å². The van der Waals surface area contributed by atoms with E-state index >= 15 is 0 Å². The third-order valence-corrected chi connectivity index (χ3v) is 4.15. The normalized spacial score (nSPS) is 18.9. The fourth-order valence-corrected chi connectivity index (χ4v) is 3.17. The van der Waals surface area contributed by atoms with Crippen molar-refractivity contribution < 1.29 is 14.7 Å². The molecule has 5 heteroatoms. The minimum atomic E-state index is -0.917. The van der Waals surface area contributed by atoms with E-state index in [4.69, 9.17) is 5.11 Å². The van der Waals surface area contributed by atoms with Crippen LogP contribution >= 0.6 is 11.3 Å². The minimum Gasteiger partial charge on any atom is -0.481 e. The smallest absolute Gasteiger partial charge is 0.303 e. The van der Waals surface area contributed by atoms with Crippen LogP contribution in [0.4, 0.5) is 0 Å². The van der Waals surface area contributed by atoms with Crippen molar-refractivity contribution in [3.05, 3.63) is 21.9 Å². The summed E-state index contributed by atoms with van der Waals surface area (Å²) in [7, 11) is 0. The van der Waals surface area contributed by atoms with Crippen LogP contribution in [0.15, 0.2) is 11.4 Å². The molecular formula is C12H15NO3S. The number of hydrogen-bond donors (Lipinski definition) is 1. The lowest BCUT2D eigenvalue weighted by Crippen LogP contribution is -2.38. The van der Waals surface area contributed by atoms with Gasteiger partial charge in [0.05, 0.1) is 12.5 Å². The fraction of sp³-hybridized carbons (Fsp3) is 0.500. The van der Waals surface area contributed by atoms with Crippen molar-refractivity contribution in [2.75, 3.05) is 6.54 Å². The number of hydrogen-bond acceptors (Lipinski definition) is 3. The Balaban J connectivity index is 2.04. The molecule has 1 aromatic rings. The SMILES string of the molecule is CC1c2ccsc2CCN1C(=O)CCC(=O)O. The lowest BCUT2D eigenvalue weighted by Gasteiger charge is -2.33. The average Bonchev–Trinajstić information content (AvgIpc) is 2.75. The van der Waals surface area contributed by atoms with Crippen LogP contribution in [0, 0.1) is 0 Å². The summed E-state index contributed by atoms with van der Waals surface area (Å²) in [5.41, 5.74) is 1.21. The number of nitrogens with zero attached hydrogens (tertiary/aromatic N) is 1. The van der Waals surface area contributed by atoms with Gasteiger partial charge in [0, 0.05) is 17.8 Å². The first-order valence-corrected chi connectivity index (χ1v) is 6.55. The van der Waals surface area contributed by atoms with E-state index in [-0.39, 0.29) is 24.8 Å². The molecular weight excluding hydrogens is 238 g/mol. The summed E-state index contributed by atoms with van der Waals surface area (Å²) in [4.78, 5) is 25.5. The maximum absolute atomic E-state index is 11.9. The van der Waals surface area contributed by atoms with Crippen LogP contribution in [0.2, 0.25) is 0 Å². The van der Waals surface area contributed by atoms with Crippen LogP contribution in [0.25, 0.3) is 0 Å². The summed E-state index contributed by atoms with van der Waals surface area (Å²) in [6.45, 7) is 2.70. The predicted molar refractivity (Wildman–Crippen MR) is 65.0 cm³/mol. The summed E-state index contributed by atoms with van der Waals surface area (Å²) in [5.74, 6) is -0.976. The lowest BCUT2D eigenvalue weighted by atomic mass is 10.0. The topological polar surface area (TPSA) is 57.6 Å². The molecule has 0 saturated heterocycles. The maximum atomic E-state index is 11.9. The van der Waals surface area contributed by atoms with Crippen LogP contribution < -0.4 is 0 Å². The Morgan fingerprint density at radius 3 is 3.00 bits per heavy atom. The number of rotatable bonds is 3. The Morgan fingerprint density at radius 1 is 1.53 bits per heavy atom. The van der Waals surface area contributed by atoms with Gasteiger partial charge in [-0.15, -0.1) is 11.3 Å². The molecule has 17 heavy (non-hydrogen) atoms. The van der Waals surface area contributed by atoms with E-state index in [1.165, 1.54) is 10.4 Å². The molecule has 0 spiro atoms. The third-order valence-electron chi connectivity index (χ3n) is 3.15. The molecule has 1 unspecified atom stereocenters. The number of fused-ring (bicyclic) bond motifs is 1. The third kappa shape index (κ3) is 2.49. The van der Waals surface area contributed by atoms with Gasteiger partial charge in [-0.3, -0.25) is 9.59 Å². The zero-order chi connectivity index (χ0) is 12.4. The second kappa shape index (κ2) is 4.87. The summed E-state index contributed by atoms with van der Waals surface area (Å²) < 4.78 is 0. The van der Waals surface area contributed by atoms with Crippen LogP contribution in [-0.4, -0.2) is 28.4 Å². The first-order valence-electron chi connectivity index (χ1n) is 5.67. The van der Waals surface area contributed by atoms with Crippen molar-refractivity contribution in [2.24, 2.45) is 0 Å². The van der Waals surface area contributed by atoms with Crippen molar-refractivity contribution in [2.45, 2.75) is 32.2 Å². The highest BCUT2D eigenvalue weighted by Crippen LogP contribution is 2.33. The monoisotopic (exact) mass is 253 g/mol. The highest BCUT2D eigenvalue weighted by molar-refractivity contribution is 7.10. The zero-order valence-corrected chi connectivity index (χ0v) is 10.5. The molecule has 1 amide bonds. The van der Waals surface area contributed by atoms with Gasteiger partial charge in [0.1, 0.15) is 0 Å². The first kappa shape index (κ1) is 12.1. The Morgan fingerprint density at radius 2 is 2.29 bits per heavy atom. The number of aliphatic carboxylic acids is 1. The number of carboxylic acid groups (broad SMARTS) is 1. The van der Waals surface area contributed by atoms with Crippen molar-refractivity contribution in [3.8, 4) is 0 Å². The van der Waals surface area contributed by atoms with E-state index < -0.39 is 5.97 Å². The van der Waals surface area contributed by atoms with Crippen molar-refractivity contribution in [1.82, 2.24) is 4.90 Å². The van der Waals surface area contributed by atoms with Gasteiger partial charge >= 0.3 is 5.97 Å². The molecule has 1 aliphatic rings. The van der Waals surface area contributed by atoms with Crippen molar-refractivity contribution in [1.29, 1.82) is 0 Å². The van der Waals surface area contributed by atoms with Gasteiger partial charge in [0.2, 0.25) is 5.91 Å². The van der Waals surface area contributed by atoms with Crippen LogP contribution in [0.5, 0.6) is 0 Å². The molecule has 1 N–H and O–H groups in total. The molecule has 1 aromatic heterocycles. The van der Waals surface area contributed by atoms with E-state index in [9.17, 15) is 9.59 Å². The average molecular weight is 253 g/mol. The second-order valence-corrected chi connectivity index (χ2v) is 5.21. The first-order chi connectivity index (χ1) is 8.09. The zero-order valence-electron chi connectivity index (χ0n) is 9.68. The van der Waals surface area contributed by atoms with E-state index in [1.807, 2.05) is 12.3 Å². The Bertz CT molecular complexity index is 441. The number of carbonyl (C=O) groups is 2. The number of amides is 1. The lowest BCUT2D eigenvalue weighted by molar-refractivity contribution is -0.141. The van der Waals surface area contributed by atoms with Gasteiger partial charge < -0.3 is 10.0 Å². The van der Waals surface area contributed by atoms with Gasteiger partial charge in [0.25, 0.3) is 0 Å².